The molecule has 2 unspecified atom stereocenters. The summed E-state index contributed by atoms with van der Waals surface area (Å²) >= 11 is 0. The molecule has 1 aliphatic heterocycles. The van der Waals surface area contributed by atoms with Crippen LogP contribution in [-0.2, 0) is 9.53 Å². The van der Waals surface area contributed by atoms with Gasteiger partial charge in [0.15, 0.2) is 0 Å². The van der Waals surface area contributed by atoms with Crippen LogP contribution in [0.1, 0.15) is 40.0 Å². The fourth-order valence-electron chi connectivity index (χ4n) is 2.52. The van der Waals surface area contributed by atoms with Gasteiger partial charge >= 0.3 is 0 Å². The van der Waals surface area contributed by atoms with Crippen LogP contribution < -0.4 is 5.32 Å². The van der Waals surface area contributed by atoms with Gasteiger partial charge in [0.2, 0.25) is 5.91 Å². The van der Waals surface area contributed by atoms with Crippen molar-refractivity contribution in [1.29, 1.82) is 0 Å². The number of hydrogen-bond acceptors (Lipinski definition) is 3. The Kier molecular flexibility index (Phi) is 7.28. The number of hydrogen-bond donors (Lipinski definition) is 1. The van der Waals surface area contributed by atoms with E-state index in [-0.39, 0.29) is 11.9 Å². The van der Waals surface area contributed by atoms with E-state index in [0.717, 1.165) is 19.5 Å². The van der Waals surface area contributed by atoms with E-state index in [4.69, 9.17) is 4.74 Å². The van der Waals surface area contributed by atoms with Gasteiger partial charge in [-0.1, -0.05) is 13.3 Å². The zero-order valence-electron chi connectivity index (χ0n) is 12.1. The Morgan fingerprint density at radius 3 is 2.78 bits per heavy atom. The van der Waals surface area contributed by atoms with Crippen LogP contribution >= 0.6 is 0 Å². The van der Waals surface area contributed by atoms with Crippen LogP contribution in [-0.4, -0.2) is 49.7 Å². The lowest BCUT2D eigenvalue weighted by Gasteiger charge is -2.32. The first-order valence-corrected chi connectivity index (χ1v) is 7.32. The monoisotopic (exact) mass is 256 g/mol. The summed E-state index contributed by atoms with van der Waals surface area (Å²) in [6.07, 6.45) is 3.36. The molecule has 1 saturated heterocycles. The summed E-state index contributed by atoms with van der Waals surface area (Å²) in [7, 11) is 0. The van der Waals surface area contributed by atoms with Gasteiger partial charge in [-0.2, -0.15) is 0 Å². The number of rotatable bonds is 7. The molecule has 0 spiro atoms. The lowest BCUT2D eigenvalue weighted by molar-refractivity contribution is -0.135. The van der Waals surface area contributed by atoms with Crippen molar-refractivity contribution in [3.05, 3.63) is 0 Å². The van der Waals surface area contributed by atoms with Crippen LogP contribution in [0.3, 0.4) is 0 Å². The highest BCUT2D eigenvalue weighted by Crippen LogP contribution is 2.20. The average molecular weight is 256 g/mol. The molecule has 1 N–H and O–H groups in total. The quantitative estimate of drug-likeness (QED) is 0.704. The van der Waals surface area contributed by atoms with Gasteiger partial charge in [-0.05, 0) is 39.2 Å². The molecule has 1 amide bonds. The second kappa shape index (κ2) is 8.48. The van der Waals surface area contributed by atoms with Crippen molar-refractivity contribution in [2.24, 2.45) is 5.92 Å². The number of carbonyl (C=O) groups excluding carboxylic acids is 1. The number of nitrogens with zero attached hydrogens (tertiary/aromatic N) is 1. The molecule has 18 heavy (non-hydrogen) atoms. The highest BCUT2D eigenvalue weighted by molar-refractivity contribution is 5.82. The number of nitrogens with one attached hydrogen (secondary N) is 1. The third-order valence-corrected chi connectivity index (χ3v) is 3.79. The minimum Gasteiger partial charge on any atom is -0.380 e. The summed E-state index contributed by atoms with van der Waals surface area (Å²) in [5.74, 6) is 0.946. The zero-order chi connectivity index (χ0) is 13.4. The Balaban J connectivity index is 2.44. The molecule has 1 aliphatic rings. The first kappa shape index (κ1) is 15.4. The number of carbonyl (C=O) groups is 1. The van der Waals surface area contributed by atoms with Crippen LogP contribution in [0.25, 0.3) is 0 Å². The molecule has 0 aliphatic carbocycles. The lowest BCUT2D eigenvalue weighted by Crippen LogP contribution is -2.51. The van der Waals surface area contributed by atoms with Crippen LogP contribution in [0.5, 0.6) is 0 Å². The van der Waals surface area contributed by atoms with E-state index < -0.39 is 0 Å². The van der Waals surface area contributed by atoms with Gasteiger partial charge in [0.1, 0.15) is 0 Å². The minimum atomic E-state index is 0.0188. The van der Waals surface area contributed by atoms with E-state index >= 15 is 0 Å². The Bertz CT molecular complexity index is 246. The van der Waals surface area contributed by atoms with Gasteiger partial charge in [0.25, 0.3) is 0 Å². The van der Waals surface area contributed by atoms with Gasteiger partial charge in [0, 0.05) is 19.7 Å². The molecular weight excluding hydrogens is 228 g/mol. The molecule has 1 fully saturated rings. The van der Waals surface area contributed by atoms with Crippen molar-refractivity contribution in [2.45, 2.75) is 46.1 Å². The summed E-state index contributed by atoms with van der Waals surface area (Å²) < 4.78 is 5.33. The standard InChI is InChI=1S/C14H28N2O2/c1-4-12-7-8-15-13(11-12)14(17)16(5-2)9-10-18-6-3/h12-13,15H,4-11H2,1-3H3. The molecule has 4 heteroatoms. The molecule has 0 saturated carbocycles. The van der Waals surface area contributed by atoms with E-state index in [1.807, 2.05) is 18.7 Å². The first-order valence-electron chi connectivity index (χ1n) is 7.32. The molecule has 0 aromatic carbocycles. The Labute approximate surface area is 111 Å². The van der Waals surface area contributed by atoms with Crippen LogP contribution in [0.2, 0.25) is 0 Å². The number of amides is 1. The van der Waals surface area contributed by atoms with Crippen molar-refractivity contribution >= 4 is 5.91 Å². The second-order valence-corrected chi connectivity index (χ2v) is 4.92. The maximum Gasteiger partial charge on any atom is 0.239 e. The van der Waals surface area contributed by atoms with Crippen LogP contribution in [0, 0.1) is 5.92 Å². The highest BCUT2D eigenvalue weighted by atomic mass is 16.5. The third kappa shape index (κ3) is 4.58. The fraction of sp³-hybridized carbons (Fsp3) is 0.929. The predicted octanol–water partition coefficient (Wildman–Crippen LogP) is 1.65. The zero-order valence-corrected chi connectivity index (χ0v) is 12.1. The summed E-state index contributed by atoms with van der Waals surface area (Å²) in [6, 6.07) is 0.0188. The largest absolute Gasteiger partial charge is 0.380 e. The molecule has 0 radical (unpaired) electrons. The van der Waals surface area contributed by atoms with Crippen molar-refractivity contribution in [1.82, 2.24) is 10.2 Å². The van der Waals surface area contributed by atoms with E-state index in [1.165, 1.54) is 12.8 Å². The Morgan fingerprint density at radius 2 is 2.17 bits per heavy atom. The van der Waals surface area contributed by atoms with Crippen molar-refractivity contribution in [3.8, 4) is 0 Å². The van der Waals surface area contributed by atoms with Crippen molar-refractivity contribution < 1.29 is 9.53 Å². The minimum absolute atomic E-state index is 0.0188. The number of piperidine rings is 1. The van der Waals surface area contributed by atoms with Gasteiger partial charge in [-0.3, -0.25) is 4.79 Å². The molecule has 106 valence electrons. The summed E-state index contributed by atoms with van der Waals surface area (Å²) in [5.41, 5.74) is 0. The topological polar surface area (TPSA) is 41.6 Å². The van der Waals surface area contributed by atoms with Gasteiger partial charge < -0.3 is 15.0 Å². The maximum atomic E-state index is 12.4. The molecule has 0 aromatic rings. The molecule has 1 rings (SSSR count). The van der Waals surface area contributed by atoms with Gasteiger partial charge in [-0.25, -0.2) is 0 Å². The lowest BCUT2D eigenvalue weighted by atomic mass is 9.90. The number of likely N-dealkylation sites (N-methyl/N-ethyl adjacent to an activating group) is 1. The van der Waals surface area contributed by atoms with Gasteiger partial charge in [-0.15, -0.1) is 0 Å². The van der Waals surface area contributed by atoms with Gasteiger partial charge in [0.05, 0.1) is 12.6 Å². The highest BCUT2D eigenvalue weighted by Gasteiger charge is 2.28. The normalized spacial score (nSPS) is 23.9. The van der Waals surface area contributed by atoms with E-state index in [0.29, 0.717) is 25.7 Å². The van der Waals surface area contributed by atoms with E-state index in [9.17, 15) is 4.79 Å². The van der Waals surface area contributed by atoms with Crippen molar-refractivity contribution in [3.63, 3.8) is 0 Å². The number of ether oxygens (including phenoxy) is 1. The molecule has 2 atom stereocenters. The summed E-state index contributed by atoms with van der Waals surface area (Å²) in [6.45, 7) is 10.0. The fourth-order valence-corrected chi connectivity index (χ4v) is 2.52. The smallest absolute Gasteiger partial charge is 0.239 e. The van der Waals surface area contributed by atoms with Crippen LogP contribution in [0.15, 0.2) is 0 Å². The average Bonchev–Trinajstić information content (AvgIpc) is 2.43. The first-order chi connectivity index (χ1) is 8.72. The molecule has 0 aromatic heterocycles. The van der Waals surface area contributed by atoms with E-state index in [2.05, 4.69) is 12.2 Å². The van der Waals surface area contributed by atoms with Crippen molar-refractivity contribution in [2.75, 3.05) is 32.8 Å². The second-order valence-electron chi connectivity index (χ2n) is 4.92. The molecule has 1 heterocycles. The summed E-state index contributed by atoms with van der Waals surface area (Å²) in [4.78, 5) is 14.3. The van der Waals surface area contributed by atoms with Crippen LogP contribution in [0.4, 0.5) is 0 Å². The predicted molar refractivity (Wildman–Crippen MR) is 73.6 cm³/mol. The Hall–Kier alpha value is -0.610. The van der Waals surface area contributed by atoms with E-state index in [1.54, 1.807) is 0 Å². The Morgan fingerprint density at radius 1 is 1.39 bits per heavy atom. The summed E-state index contributed by atoms with van der Waals surface area (Å²) in [5, 5.41) is 3.36. The molecular formula is C14H28N2O2. The third-order valence-electron chi connectivity index (χ3n) is 3.79. The SMILES string of the molecule is CCOCCN(CC)C(=O)C1CC(CC)CCN1. The molecule has 0 bridgehead atoms. The maximum absolute atomic E-state index is 12.4. The molecule has 4 nitrogen and oxygen atoms in total.